The highest BCUT2D eigenvalue weighted by Gasteiger charge is 2.06. The van der Waals surface area contributed by atoms with Crippen LogP contribution in [0.4, 0.5) is 0 Å². The predicted molar refractivity (Wildman–Crippen MR) is 98.3 cm³/mol. The van der Waals surface area contributed by atoms with Crippen molar-refractivity contribution in [3.63, 3.8) is 0 Å². The van der Waals surface area contributed by atoms with Crippen molar-refractivity contribution in [2.45, 2.75) is 32.9 Å². The first-order valence-electron chi connectivity index (χ1n) is 8.57. The van der Waals surface area contributed by atoms with Gasteiger partial charge in [0.05, 0.1) is 13.2 Å². The van der Waals surface area contributed by atoms with Gasteiger partial charge in [-0.2, -0.15) is 0 Å². The smallest absolute Gasteiger partial charge is 0.134 e. The van der Waals surface area contributed by atoms with Crippen molar-refractivity contribution in [3.05, 3.63) is 71.5 Å². The first kappa shape index (κ1) is 16.7. The summed E-state index contributed by atoms with van der Waals surface area (Å²) in [7, 11) is 0. The lowest BCUT2D eigenvalue weighted by Gasteiger charge is -2.08. The van der Waals surface area contributed by atoms with Crippen LogP contribution >= 0.6 is 0 Å². The monoisotopic (exact) mass is 323 g/mol. The number of furan rings is 1. The van der Waals surface area contributed by atoms with Crippen LogP contribution in [0, 0.1) is 0 Å². The van der Waals surface area contributed by atoms with Gasteiger partial charge < -0.3 is 14.5 Å². The standard InChI is InChI=1S/C21H25NO2/c1-16(2)22-10-11-23-15-18-8-9-19-14-20(24-21(19)13-18)12-17-6-4-3-5-7-17/h3-9,13-14,16,22H,10-12,15H2,1-2H3. The molecule has 0 saturated heterocycles. The molecule has 0 atom stereocenters. The first-order chi connectivity index (χ1) is 11.7. The molecule has 1 aromatic heterocycles. The normalized spacial score (nSPS) is 11.5. The number of nitrogens with one attached hydrogen (secondary N) is 1. The van der Waals surface area contributed by atoms with Crippen molar-refractivity contribution < 1.29 is 9.15 Å². The van der Waals surface area contributed by atoms with Crippen LogP contribution in [0.3, 0.4) is 0 Å². The van der Waals surface area contributed by atoms with Gasteiger partial charge in [0.2, 0.25) is 0 Å². The number of fused-ring (bicyclic) bond motifs is 1. The molecule has 2 aromatic carbocycles. The lowest BCUT2D eigenvalue weighted by Crippen LogP contribution is -2.26. The van der Waals surface area contributed by atoms with E-state index in [1.54, 1.807) is 0 Å². The maximum absolute atomic E-state index is 6.00. The Balaban J connectivity index is 1.59. The molecule has 0 aliphatic rings. The molecule has 1 N–H and O–H groups in total. The topological polar surface area (TPSA) is 34.4 Å². The molecule has 0 radical (unpaired) electrons. The van der Waals surface area contributed by atoms with Crippen LogP contribution in [-0.4, -0.2) is 19.2 Å². The second-order valence-corrected chi connectivity index (χ2v) is 6.41. The summed E-state index contributed by atoms with van der Waals surface area (Å²) in [5, 5.41) is 4.49. The molecule has 3 aromatic rings. The number of ether oxygens (including phenoxy) is 1. The maximum atomic E-state index is 6.00. The fourth-order valence-corrected chi connectivity index (χ4v) is 2.71. The third kappa shape index (κ3) is 4.70. The molecule has 0 unspecified atom stereocenters. The molecule has 0 aliphatic heterocycles. The van der Waals surface area contributed by atoms with Gasteiger partial charge in [-0.05, 0) is 23.3 Å². The Morgan fingerprint density at radius 3 is 2.62 bits per heavy atom. The first-order valence-corrected chi connectivity index (χ1v) is 8.57. The van der Waals surface area contributed by atoms with Gasteiger partial charge in [-0.25, -0.2) is 0 Å². The molecule has 0 spiro atoms. The highest BCUT2D eigenvalue weighted by atomic mass is 16.5. The fourth-order valence-electron chi connectivity index (χ4n) is 2.71. The van der Waals surface area contributed by atoms with E-state index in [2.05, 4.69) is 67.7 Å². The van der Waals surface area contributed by atoms with E-state index in [1.807, 2.05) is 6.07 Å². The molecule has 1 heterocycles. The third-order valence-electron chi connectivity index (χ3n) is 3.92. The van der Waals surface area contributed by atoms with Crippen molar-refractivity contribution in [1.29, 1.82) is 0 Å². The number of hydrogen-bond acceptors (Lipinski definition) is 3. The molecule has 0 amide bonds. The molecule has 126 valence electrons. The molecule has 0 fully saturated rings. The number of hydrogen-bond donors (Lipinski definition) is 1. The van der Waals surface area contributed by atoms with Crippen LogP contribution in [0.25, 0.3) is 11.0 Å². The second-order valence-electron chi connectivity index (χ2n) is 6.41. The summed E-state index contributed by atoms with van der Waals surface area (Å²) in [5.41, 5.74) is 3.34. The largest absolute Gasteiger partial charge is 0.461 e. The molecule has 3 nitrogen and oxygen atoms in total. The van der Waals surface area contributed by atoms with Gasteiger partial charge in [-0.1, -0.05) is 56.3 Å². The molecule has 0 saturated carbocycles. The zero-order valence-electron chi connectivity index (χ0n) is 14.4. The van der Waals surface area contributed by atoms with Gasteiger partial charge in [0.15, 0.2) is 0 Å². The summed E-state index contributed by atoms with van der Waals surface area (Å²) in [4.78, 5) is 0. The van der Waals surface area contributed by atoms with Crippen LogP contribution in [-0.2, 0) is 17.8 Å². The van der Waals surface area contributed by atoms with E-state index in [0.717, 1.165) is 35.3 Å². The van der Waals surface area contributed by atoms with Crippen LogP contribution in [0.1, 0.15) is 30.7 Å². The maximum Gasteiger partial charge on any atom is 0.134 e. The van der Waals surface area contributed by atoms with Gasteiger partial charge >= 0.3 is 0 Å². The quantitative estimate of drug-likeness (QED) is 0.618. The Kier molecular flexibility index (Phi) is 5.68. The summed E-state index contributed by atoms with van der Waals surface area (Å²) >= 11 is 0. The number of benzene rings is 2. The minimum Gasteiger partial charge on any atom is -0.461 e. The lowest BCUT2D eigenvalue weighted by atomic mass is 10.1. The highest BCUT2D eigenvalue weighted by Crippen LogP contribution is 2.23. The Morgan fingerprint density at radius 1 is 1.00 bits per heavy atom. The van der Waals surface area contributed by atoms with Crippen molar-refractivity contribution >= 4 is 11.0 Å². The summed E-state index contributed by atoms with van der Waals surface area (Å²) in [6.45, 7) is 6.48. The summed E-state index contributed by atoms with van der Waals surface area (Å²) in [6.07, 6.45) is 0.822. The van der Waals surface area contributed by atoms with Crippen molar-refractivity contribution in [2.75, 3.05) is 13.2 Å². The van der Waals surface area contributed by atoms with Gasteiger partial charge in [0.25, 0.3) is 0 Å². The molecule has 24 heavy (non-hydrogen) atoms. The lowest BCUT2D eigenvalue weighted by molar-refractivity contribution is 0.121. The van der Waals surface area contributed by atoms with Crippen molar-refractivity contribution in [1.82, 2.24) is 5.32 Å². The predicted octanol–water partition coefficient (Wildman–Crippen LogP) is 4.54. The zero-order chi connectivity index (χ0) is 16.8. The second kappa shape index (κ2) is 8.13. The van der Waals surface area contributed by atoms with Gasteiger partial charge in [-0.3, -0.25) is 0 Å². The van der Waals surface area contributed by atoms with E-state index >= 15 is 0 Å². The van der Waals surface area contributed by atoms with Gasteiger partial charge in [0.1, 0.15) is 11.3 Å². The Labute approximate surface area is 143 Å². The summed E-state index contributed by atoms with van der Waals surface area (Å²) < 4.78 is 11.7. The van der Waals surface area contributed by atoms with Crippen molar-refractivity contribution in [2.24, 2.45) is 0 Å². The van der Waals surface area contributed by atoms with E-state index in [4.69, 9.17) is 9.15 Å². The summed E-state index contributed by atoms with van der Waals surface area (Å²) in [5.74, 6) is 0.996. The fraction of sp³-hybridized carbons (Fsp3) is 0.333. The van der Waals surface area contributed by atoms with Gasteiger partial charge in [-0.15, -0.1) is 0 Å². The minimum absolute atomic E-state index is 0.496. The SMILES string of the molecule is CC(C)NCCOCc1ccc2cc(Cc3ccccc3)oc2c1. The average molecular weight is 323 g/mol. The van der Waals surface area contributed by atoms with E-state index < -0.39 is 0 Å². The van der Waals surface area contributed by atoms with Crippen LogP contribution in [0.2, 0.25) is 0 Å². The molecule has 3 rings (SSSR count). The van der Waals surface area contributed by atoms with Crippen LogP contribution < -0.4 is 5.32 Å². The van der Waals surface area contributed by atoms with Crippen LogP contribution in [0.15, 0.2) is 59.0 Å². The Hall–Kier alpha value is -2.10. The minimum atomic E-state index is 0.496. The average Bonchev–Trinajstić information content (AvgIpc) is 2.96. The number of rotatable bonds is 8. The van der Waals surface area contributed by atoms with E-state index in [-0.39, 0.29) is 0 Å². The van der Waals surface area contributed by atoms with Crippen molar-refractivity contribution in [3.8, 4) is 0 Å². The summed E-state index contributed by atoms with van der Waals surface area (Å²) in [6, 6.07) is 19.3. The van der Waals surface area contributed by atoms with E-state index in [0.29, 0.717) is 19.3 Å². The molecular formula is C21H25NO2. The molecule has 0 bridgehead atoms. The molecule has 0 aliphatic carbocycles. The Morgan fingerprint density at radius 2 is 1.83 bits per heavy atom. The van der Waals surface area contributed by atoms with Gasteiger partial charge in [0, 0.05) is 24.4 Å². The zero-order valence-corrected chi connectivity index (χ0v) is 14.4. The van der Waals surface area contributed by atoms with E-state index in [9.17, 15) is 0 Å². The highest BCUT2D eigenvalue weighted by molar-refractivity contribution is 5.78. The molecular weight excluding hydrogens is 298 g/mol. The van der Waals surface area contributed by atoms with E-state index in [1.165, 1.54) is 5.56 Å². The Bertz CT molecular complexity index is 762. The van der Waals surface area contributed by atoms with Crippen LogP contribution in [0.5, 0.6) is 0 Å². The molecule has 3 heteroatoms. The third-order valence-corrected chi connectivity index (χ3v) is 3.92.